The molecule has 1 heteroatoms. The van der Waals surface area contributed by atoms with Gasteiger partial charge in [-0.15, -0.1) is 0 Å². The molecule has 1 aromatic carbocycles. The molecular weight excluding hydrogens is 208 g/mol. The molecule has 0 aromatic heterocycles. The molecule has 0 aliphatic heterocycles. The van der Waals surface area contributed by atoms with Crippen LogP contribution in [0.1, 0.15) is 56.2 Å². The minimum atomic E-state index is 0.247. The van der Waals surface area contributed by atoms with Gasteiger partial charge in [0, 0.05) is 6.42 Å². The second-order valence-corrected chi connectivity index (χ2v) is 4.95. The average Bonchev–Trinajstić information content (AvgIpc) is 2.28. The van der Waals surface area contributed by atoms with Crippen LogP contribution in [0, 0.1) is 6.92 Å². The molecule has 17 heavy (non-hydrogen) atoms. The lowest BCUT2D eigenvalue weighted by Gasteiger charge is -2.07. The highest BCUT2D eigenvalue weighted by atomic mass is 16.1. The third kappa shape index (κ3) is 5.16. The van der Waals surface area contributed by atoms with Crippen LogP contribution in [-0.2, 0) is 17.6 Å². The second kappa shape index (κ2) is 7.26. The summed E-state index contributed by atoms with van der Waals surface area (Å²) in [6, 6.07) is 6.56. The third-order valence-corrected chi connectivity index (χ3v) is 3.17. The van der Waals surface area contributed by atoms with E-state index in [-0.39, 0.29) is 5.78 Å². The van der Waals surface area contributed by atoms with Crippen LogP contribution >= 0.6 is 0 Å². The first kappa shape index (κ1) is 14.0. The normalized spacial score (nSPS) is 10.5. The maximum atomic E-state index is 11.2. The first-order valence-electron chi connectivity index (χ1n) is 6.71. The summed E-state index contributed by atoms with van der Waals surface area (Å²) in [5.74, 6) is 0.247. The number of aryl methyl sites for hydroxylation is 2. The molecule has 94 valence electrons. The molecule has 0 aliphatic carbocycles. The third-order valence-electron chi connectivity index (χ3n) is 3.17. The van der Waals surface area contributed by atoms with Crippen molar-refractivity contribution in [3.63, 3.8) is 0 Å². The van der Waals surface area contributed by atoms with Gasteiger partial charge in [0.05, 0.1) is 0 Å². The van der Waals surface area contributed by atoms with Gasteiger partial charge in [-0.1, -0.05) is 44.4 Å². The molecule has 0 heterocycles. The summed E-state index contributed by atoms with van der Waals surface area (Å²) in [6.45, 7) is 5.98. The molecule has 0 aliphatic rings. The van der Waals surface area contributed by atoms with Gasteiger partial charge in [0.1, 0.15) is 5.78 Å². The Morgan fingerprint density at radius 2 is 1.94 bits per heavy atom. The maximum Gasteiger partial charge on any atom is 0.134 e. The molecule has 1 rings (SSSR count). The number of ketones is 1. The van der Waals surface area contributed by atoms with Crippen LogP contribution in [-0.4, -0.2) is 5.78 Å². The van der Waals surface area contributed by atoms with E-state index in [4.69, 9.17) is 0 Å². The van der Waals surface area contributed by atoms with E-state index in [9.17, 15) is 4.79 Å². The topological polar surface area (TPSA) is 17.1 Å². The Hall–Kier alpha value is -1.11. The number of carbonyl (C=O) groups excluding carboxylic acids is 1. The van der Waals surface area contributed by atoms with Crippen molar-refractivity contribution in [2.75, 3.05) is 0 Å². The van der Waals surface area contributed by atoms with E-state index in [2.05, 4.69) is 32.0 Å². The van der Waals surface area contributed by atoms with E-state index < -0.39 is 0 Å². The SMILES string of the molecule is CCCCCCc1ccc(C)c(CC(C)=O)c1. The molecule has 0 saturated heterocycles. The quantitative estimate of drug-likeness (QED) is 0.642. The van der Waals surface area contributed by atoms with Crippen molar-refractivity contribution in [1.82, 2.24) is 0 Å². The standard InChI is InChI=1S/C16H24O/c1-4-5-6-7-8-15-10-9-13(2)16(12-15)11-14(3)17/h9-10,12H,4-8,11H2,1-3H3. The van der Waals surface area contributed by atoms with E-state index in [1.807, 2.05) is 0 Å². The zero-order chi connectivity index (χ0) is 12.7. The fourth-order valence-electron chi connectivity index (χ4n) is 2.09. The first-order valence-corrected chi connectivity index (χ1v) is 6.71. The largest absolute Gasteiger partial charge is 0.300 e. The molecular formula is C16H24O. The van der Waals surface area contributed by atoms with Gasteiger partial charge in [-0.05, 0) is 43.4 Å². The van der Waals surface area contributed by atoms with Gasteiger partial charge in [-0.25, -0.2) is 0 Å². The van der Waals surface area contributed by atoms with Crippen LogP contribution in [0.25, 0.3) is 0 Å². The Labute approximate surface area is 105 Å². The number of rotatable bonds is 7. The van der Waals surface area contributed by atoms with Crippen LogP contribution in [0.5, 0.6) is 0 Å². The Bertz CT molecular complexity index is 366. The first-order chi connectivity index (χ1) is 8.13. The van der Waals surface area contributed by atoms with E-state index in [0.717, 1.165) is 6.42 Å². The van der Waals surface area contributed by atoms with Crippen molar-refractivity contribution in [3.05, 3.63) is 34.9 Å². The number of Topliss-reactive ketones (excluding diaryl/α,β-unsaturated/α-hetero) is 1. The van der Waals surface area contributed by atoms with Crippen molar-refractivity contribution in [2.24, 2.45) is 0 Å². The highest BCUT2D eigenvalue weighted by Gasteiger charge is 2.03. The van der Waals surface area contributed by atoms with E-state index in [1.54, 1.807) is 6.92 Å². The maximum absolute atomic E-state index is 11.2. The molecule has 0 atom stereocenters. The van der Waals surface area contributed by atoms with E-state index in [0.29, 0.717) is 6.42 Å². The van der Waals surface area contributed by atoms with Crippen LogP contribution in [0.4, 0.5) is 0 Å². The van der Waals surface area contributed by atoms with Crippen molar-refractivity contribution in [3.8, 4) is 0 Å². The monoisotopic (exact) mass is 232 g/mol. The zero-order valence-corrected chi connectivity index (χ0v) is 11.4. The lowest BCUT2D eigenvalue weighted by atomic mass is 9.98. The molecule has 0 saturated carbocycles. The molecule has 0 spiro atoms. The molecule has 0 bridgehead atoms. The molecule has 0 radical (unpaired) electrons. The van der Waals surface area contributed by atoms with Gasteiger partial charge in [-0.3, -0.25) is 4.79 Å². The fourth-order valence-corrected chi connectivity index (χ4v) is 2.09. The van der Waals surface area contributed by atoms with Gasteiger partial charge in [0.15, 0.2) is 0 Å². The average molecular weight is 232 g/mol. The molecule has 1 nitrogen and oxygen atoms in total. The van der Waals surface area contributed by atoms with Crippen LogP contribution < -0.4 is 0 Å². The Balaban J connectivity index is 2.58. The predicted octanol–water partition coefficient (Wildman–Crippen LogP) is 4.25. The smallest absolute Gasteiger partial charge is 0.134 e. The molecule has 0 unspecified atom stereocenters. The van der Waals surface area contributed by atoms with Crippen molar-refractivity contribution < 1.29 is 4.79 Å². The van der Waals surface area contributed by atoms with Crippen LogP contribution in [0.3, 0.4) is 0 Å². The van der Waals surface area contributed by atoms with Crippen LogP contribution in [0.15, 0.2) is 18.2 Å². The molecule has 0 N–H and O–H groups in total. The van der Waals surface area contributed by atoms with Gasteiger partial charge < -0.3 is 0 Å². The summed E-state index contributed by atoms with van der Waals surface area (Å²) in [6.07, 6.45) is 6.90. The lowest BCUT2D eigenvalue weighted by molar-refractivity contribution is -0.116. The van der Waals surface area contributed by atoms with Crippen LogP contribution in [0.2, 0.25) is 0 Å². The lowest BCUT2D eigenvalue weighted by Crippen LogP contribution is -2.00. The summed E-state index contributed by atoms with van der Waals surface area (Å²) in [7, 11) is 0. The van der Waals surface area contributed by atoms with Gasteiger partial charge in [0.2, 0.25) is 0 Å². The Kier molecular flexibility index (Phi) is 5.96. The van der Waals surface area contributed by atoms with Crippen molar-refractivity contribution in [2.45, 2.75) is 59.3 Å². The summed E-state index contributed by atoms with van der Waals surface area (Å²) in [5, 5.41) is 0. The number of hydrogen-bond donors (Lipinski definition) is 0. The van der Waals surface area contributed by atoms with Crippen molar-refractivity contribution in [1.29, 1.82) is 0 Å². The van der Waals surface area contributed by atoms with E-state index in [1.165, 1.54) is 42.4 Å². The Morgan fingerprint density at radius 1 is 1.18 bits per heavy atom. The molecule has 0 amide bonds. The van der Waals surface area contributed by atoms with Gasteiger partial charge in [0.25, 0.3) is 0 Å². The van der Waals surface area contributed by atoms with E-state index >= 15 is 0 Å². The highest BCUT2D eigenvalue weighted by Crippen LogP contribution is 2.15. The summed E-state index contributed by atoms with van der Waals surface area (Å²) in [4.78, 5) is 11.2. The highest BCUT2D eigenvalue weighted by molar-refractivity contribution is 5.78. The summed E-state index contributed by atoms with van der Waals surface area (Å²) >= 11 is 0. The van der Waals surface area contributed by atoms with Crippen molar-refractivity contribution >= 4 is 5.78 Å². The number of unbranched alkanes of at least 4 members (excludes halogenated alkanes) is 3. The van der Waals surface area contributed by atoms with Gasteiger partial charge in [-0.2, -0.15) is 0 Å². The molecule has 0 fully saturated rings. The number of carbonyl (C=O) groups is 1. The second-order valence-electron chi connectivity index (χ2n) is 4.95. The predicted molar refractivity (Wildman–Crippen MR) is 73.4 cm³/mol. The minimum Gasteiger partial charge on any atom is -0.300 e. The van der Waals surface area contributed by atoms with Gasteiger partial charge >= 0.3 is 0 Å². The summed E-state index contributed by atoms with van der Waals surface area (Å²) < 4.78 is 0. The molecule has 1 aromatic rings. The summed E-state index contributed by atoms with van der Waals surface area (Å²) in [5.41, 5.74) is 3.81. The number of hydrogen-bond acceptors (Lipinski definition) is 1. The fraction of sp³-hybridized carbons (Fsp3) is 0.562. The zero-order valence-electron chi connectivity index (χ0n) is 11.4. The Morgan fingerprint density at radius 3 is 2.59 bits per heavy atom. The number of benzene rings is 1. The minimum absolute atomic E-state index is 0.247.